The molecule has 3 heterocycles. The highest BCUT2D eigenvalue weighted by atomic mass is 79.9. The molecule has 0 N–H and O–H groups in total. The third-order valence-corrected chi connectivity index (χ3v) is 6.07. The first-order chi connectivity index (χ1) is 16.1. The van der Waals surface area contributed by atoms with Crippen LogP contribution in [-0.2, 0) is 0 Å². The first-order valence-electron chi connectivity index (χ1n) is 9.62. The van der Waals surface area contributed by atoms with E-state index in [1.165, 1.54) is 23.6 Å². The van der Waals surface area contributed by atoms with E-state index in [0.29, 0.717) is 22.0 Å². The molecule has 0 atom stereocenters. The molecule has 0 radical (unpaired) electrons. The van der Waals surface area contributed by atoms with Crippen molar-refractivity contribution in [3.05, 3.63) is 91.3 Å². The Balaban J connectivity index is 1.65. The van der Waals surface area contributed by atoms with E-state index >= 15 is 0 Å². The Kier molecular flexibility index (Phi) is 5.71. The van der Waals surface area contributed by atoms with Crippen molar-refractivity contribution in [1.29, 1.82) is 0 Å². The number of halogens is 1. The van der Waals surface area contributed by atoms with Gasteiger partial charge in [-0.2, -0.15) is 5.10 Å². The number of aromatic nitrogens is 2. The summed E-state index contributed by atoms with van der Waals surface area (Å²) in [7, 11) is 0. The molecule has 0 unspecified atom stereocenters. The van der Waals surface area contributed by atoms with Crippen LogP contribution in [0.2, 0.25) is 0 Å². The van der Waals surface area contributed by atoms with Crippen LogP contribution in [0.25, 0.3) is 11.3 Å². The first kappa shape index (κ1) is 21.0. The largest absolute Gasteiger partial charge is 0.454 e. The molecule has 9 nitrogen and oxygen atoms in total. The molecule has 0 saturated heterocycles. The van der Waals surface area contributed by atoms with Crippen molar-refractivity contribution in [3.63, 3.8) is 0 Å². The summed E-state index contributed by atoms with van der Waals surface area (Å²) in [6, 6.07) is 14.3. The van der Waals surface area contributed by atoms with Crippen molar-refractivity contribution < 1.29 is 14.4 Å². The Morgan fingerprint density at radius 1 is 1.18 bits per heavy atom. The van der Waals surface area contributed by atoms with E-state index in [-0.39, 0.29) is 18.0 Å². The van der Waals surface area contributed by atoms with E-state index in [0.717, 1.165) is 15.7 Å². The number of thiazole rings is 1. The van der Waals surface area contributed by atoms with Crippen molar-refractivity contribution in [2.24, 2.45) is 10.1 Å². The molecular weight excluding hydrogens is 510 g/mol. The van der Waals surface area contributed by atoms with E-state index in [1.54, 1.807) is 29.2 Å². The number of fused-ring (bicyclic) bond motifs is 1. The highest BCUT2D eigenvalue weighted by Crippen LogP contribution is 2.37. The van der Waals surface area contributed by atoms with Crippen LogP contribution in [-0.4, -0.2) is 27.6 Å². The van der Waals surface area contributed by atoms with Crippen molar-refractivity contribution in [1.82, 2.24) is 9.66 Å². The molecule has 0 fully saturated rings. The standard InChI is InChI=1S/C22H14BrN5O4S/c23-16-5-3-14(4-6-16)19-12-33-22(26-17-2-1-7-24-11-17)27(19)25-10-15-8-20-21(32-13-31-20)9-18(15)28(29)30/h1-12H,13H2. The molecule has 0 bridgehead atoms. The quantitative estimate of drug-likeness (QED) is 0.205. The fourth-order valence-corrected chi connectivity index (χ4v) is 4.29. The van der Waals surface area contributed by atoms with Crippen LogP contribution >= 0.6 is 27.3 Å². The van der Waals surface area contributed by atoms with Crippen molar-refractivity contribution in [3.8, 4) is 22.8 Å². The molecule has 33 heavy (non-hydrogen) atoms. The van der Waals surface area contributed by atoms with Gasteiger partial charge in [-0.15, -0.1) is 11.3 Å². The number of hydrogen-bond acceptors (Lipinski definition) is 8. The maximum atomic E-state index is 11.6. The molecule has 164 valence electrons. The Labute approximate surface area is 199 Å². The maximum absolute atomic E-state index is 11.6. The Bertz CT molecular complexity index is 1430. The van der Waals surface area contributed by atoms with Gasteiger partial charge < -0.3 is 9.47 Å². The molecule has 11 heteroatoms. The predicted molar refractivity (Wildman–Crippen MR) is 127 cm³/mol. The highest BCUT2D eigenvalue weighted by molar-refractivity contribution is 9.10. The molecule has 5 rings (SSSR count). The lowest BCUT2D eigenvalue weighted by Gasteiger charge is -2.05. The minimum atomic E-state index is -0.474. The van der Waals surface area contributed by atoms with Gasteiger partial charge in [0.05, 0.1) is 40.3 Å². The van der Waals surface area contributed by atoms with Gasteiger partial charge in [0.2, 0.25) is 11.6 Å². The molecule has 2 aromatic heterocycles. The highest BCUT2D eigenvalue weighted by Gasteiger charge is 2.22. The van der Waals surface area contributed by atoms with Crippen LogP contribution in [0, 0.1) is 10.1 Å². The van der Waals surface area contributed by atoms with Crippen LogP contribution in [0.4, 0.5) is 11.4 Å². The Hall–Kier alpha value is -3.83. The maximum Gasteiger partial charge on any atom is 0.282 e. The SMILES string of the molecule is O=[N+]([O-])c1cc2c(cc1C=Nn1c(-c3ccc(Br)cc3)csc1=Nc1cccnc1)OCO2. The van der Waals surface area contributed by atoms with Gasteiger partial charge in [-0.1, -0.05) is 28.1 Å². The second-order valence-corrected chi connectivity index (χ2v) is 8.56. The average Bonchev–Trinajstić information content (AvgIpc) is 3.44. The normalized spacial score (nSPS) is 13.1. The summed E-state index contributed by atoms with van der Waals surface area (Å²) in [6.07, 6.45) is 4.75. The molecule has 0 amide bonds. The van der Waals surface area contributed by atoms with E-state index in [2.05, 4.69) is 31.0 Å². The molecule has 2 aromatic carbocycles. The number of nitrogens with zero attached hydrogens (tertiary/aromatic N) is 5. The van der Waals surface area contributed by atoms with Crippen LogP contribution in [0.1, 0.15) is 5.56 Å². The van der Waals surface area contributed by atoms with E-state index in [9.17, 15) is 10.1 Å². The Morgan fingerprint density at radius 2 is 1.97 bits per heavy atom. The van der Waals surface area contributed by atoms with Gasteiger partial charge in [0.15, 0.2) is 11.5 Å². The molecule has 1 aliphatic heterocycles. The van der Waals surface area contributed by atoms with Gasteiger partial charge in [-0.3, -0.25) is 15.1 Å². The third kappa shape index (κ3) is 4.41. The molecule has 0 spiro atoms. The molecule has 4 aromatic rings. The zero-order valence-electron chi connectivity index (χ0n) is 16.8. The van der Waals surface area contributed by atoms with E-state index < -0.39 is 4.92 Å². The number of ether oxygens (including phenoxy) is 2. The van der Waals surface area contributed by atoms with Gasteiger partial charge in [-0.05, 0) is 30.3 Å². The van der Waals surface area contributed by atoms with Crippen molar-refractivity contribution in [2.45, 2.75) is 0 Å². The fourth-order valence-electron chi connectivity index (χ4n) is 3.17. The number of hydrogen-bond donors (Lipinski definition) is 0. The number of rotatable bonds is 5. The number of nitro benzene ring substituents is 1. The monoisotopic (exact) mass is 523 g/mol. The number of benzene rings is 2. The van der Waals surface area contributed by atoms with E-state index in [4.69, 9.17) is 9.47 Å². The third-order valence-electron chi connectivity index (χ3n) is 4.73. The summed E-state index contributed by atoms with van der Waals surface area (Å²) in [5, 5.41) is 18.1. The summed E-state index contributed by atoms with van der Waals surface area (Å²) in [6.45, 7) is 0.0220. The topological polar surface area (TPSA) is 104 Å². The minimum Gasteiger partial charge on any atom is -0.454 e. The van der Waals surface area contributed by atoms with Crippen LogP contribution in [0.5, 0.6) is 11.5 Å². The molecular formula is C22H14BrN5O4S. The van der Waals surface area contributed by atoms with Crippen molar-refractivity contribution in [2.75, 3.05) is 6.79 Å². The summed E-state index contributed by atoms with van der Waals surface area (Å²) < 4.78 is 13.2. The summed E-state index contributed by atoms with van der Waals surface area (Å²) in [4.78, 5) is 20.5. The van der Waals surface area contributed by atoms with Gasteiger partial charge in [0.25, 0.3) is 5.69 Å². The van der Waals surface area contributed by atoms with Gasteiger partial charge in [0, 0.05) is 21.6 Å². The van der Waals surface area contributed by atoms with Crippen LogP contribution in [0.15, 0.2) is 80.9 Å². The first-order valence-corrected chi connectivity index (χ1v) is 11.3. The predicted octanol–water partition coefficient (Wildman–Crippen LogP) is 5.13. The van der Waals surface area contributed by atoms with Crippen LogP contribution < -0.4 is 14.3 Å². The lowest BCUT2D eigenvalue weighted by atomic mass is 10.1. The van der Waals surface area contributed by atoms with Gasteiger partial charge >= 0.3 is 0 Å². The fraction of sp³-hybridized carbons (Fsp3) is 0.0455. The van der Waals surface area contributed by atoms with E-state index in [1.807, 2.05) is 35.7 Å². The lowest BCUT2D eigenvalue weighted by molar-refractivity contribution is -0.385. The average molecular weight is 524 g/mol. The zero-order valence-corrected chi connectivity index (χ0v) is 19.2. The zero-order chi connectivity index (χ0) is 22.8. The van der Waals surface area contributed by atoms with Gasteiger partial charge in [0.1, 0.15) is 0 Å². The smallest absolute Gasteiger partial charge is 0.282 e. The summed E-state index contributed by atoms with van der Waals surface area (Å²) in [5.74, 6) is 0.774. The van der Waals surface area contributed by atoms with Gasteiger partial charge in [-0.25, -0.2) is 9.67 Å². The second-order valence-electron chi connectivity index (χ2n) is 6.81. The second kappa shape index (κ2) is 8.96. The Morgan fingerprint density at radius 3 is 2.70 bits per heavy atom. The molecule has 0 saturated carbocycles. The van der Waals surface area contributed by atoms with Crippen LogP contribution in [0.3, 0.4) is 0 Å². The lowest BCUT2D eigenvalue weighted by Crippen LogP contribution is -2.11. The number of pyridine rings is 1. The van der Waals surface area contributed by atoms with Crippen molar-refractivity contribution >= 4 is 44.9 Å². The minimum absolute atomic E-state index is 0.0220. The molecule has 1 aliphatic rings. The summed E-state index contributed by atoms with van der Waals surface area (Å²) in [5.41, 5.74) is 2.53. The number of nitro groups is 1. The summed E-state index contributed by atoms with van der Waals surface area (Å²) >= 11 is 4.85. The molecule has 0 aliphatic carbocycles.